The first kappa shape index (κ1) is 19.1. The molecule has 0 aliphatic heterocycles. The SMILES string of the molecule is Cc1cc(C(=O)CSc2nnc(Nc3ccc(C(C)C)cc3)s2)c(C)s1. The number of carbonyl (C=O) groups is 1. The number of nitrogens with zero attached hydrogens (tertiary/aromatic N) is 2. The van der Waals surface area contributed by atoms with E-state index in [9.17, 15) is 4.79 Å². The van der Waals surface area contributed by atoms with Crippen molar-refractivity contribution >= 4 is 51.0 Å². The minimum atomic E-state index is 0.144. The molecule has 0 unspecified atom stereocenters. The van der Waals surface area contributed by atoms with Crippen LogP contribution in [0.5, 0.6) is 0 Å². The average Bonchev–Trinajstić information content (AvgIpc) is 3.19. The third kappa shape index (κ3) is 4.72. The number of anilines is 2. The van der Waals surface area contributed by atoms with Crippen LogP contribution in [0.1, 0.15) is 45.4 Å². The van der Waals surface area contributed by atoms with Gasteiger partial charge in [0.05, 0.1) is 5.75 Å². The summed E-state index contributed by atoms with van der Waals surface area (Å²) >= 11 is 4.57. The minimum Gasteiger partial charge on any atom is -0.330 e. The number of benzene rings is 1. The van der Waals surface area contributed by atoms with E-state index in [1.807, 2.05) is 19.9 Å². The van der Waals surface area contributed by atoms with Gasteiger partial charge in [-0.3, -0.25) is 4.79 Å². The highest BCUT2D eigenvalue weighted by atomic mass is 32.2. The zero-order valence-corrected chi connectivity index (χ0v) is 17.6. The molecular weight excluding hydrogens is 382 g/mol. The van der Waals surface area contributed by atoms with Gasteiger partial charge in [-0.15, -0.1) is 21.5 Å². The average molecular weight is 404 g/mol. The number of hydrogen-bond acceptors (Lipinski definition) is 7. The molecule has 2 aromatic heterocycles. The van der Waals surface area contributed by atoms with Gasteiger partial charge in [-0.05, 0) is 43.5 Å². The first-order valence-electron chi connectivity index (χ1n) is 8.36. The van der Waals surface area contributed by atoms with Crippen molar-refractivity contribution in [2.24, 2.45) is 0 Å². The Kier molecular flexibility index (Phi) is 6.11. The lowest BCUT2D eigenvalue weighted by Crippen LogP contribution is -2.02. The van der Waals surface area contributed by atoms with Crippen LogP contribution in [-0.4, -0.2) is 21.7 Å². The maximum absolute atomic E-state index is 12.4. The van der Waals surface area contributed by atoms with Gasteiger partial charge in [-0.2, -0.15) is 0 Å². The molecule has 4 nitrogen and oxygen atoms in total. The Labute approximate surface area is 166 Å². The highest BCUT2D eigenvalue weighted by molar-refractivity contribution is 8.01. The van der Waals surface area contributed by atoms with E-state index in [0.717, 1.165) is 25.6 Å². The summed E-state index contributed by atoms with van der Waals surface area (Å²) in [7, 11) is 0. The molecule has 0 saturated heterocycles. The third-order valence-corrected chi connectivity index (χ3v) is 6.84. The van der Waals surface area contributed by atoms with Gasteiger partial charge in [0, 0.05) is 21.0 Å². The fourth-order valence-corrected chi connectivity index (χ4v) is 5.10. The van der Waals surface area contributed by atoms with Gasteiger partial charge < -0.3 is 5.32 Å². The first-order chi connectivity index (χ1) is 12.4. The number of carbonyl (C=O) groups excluding carboxylic acids is 1. The quantitative estimate of drug-likeness (QED) is 0.384. The topological polar surface area (TPSA) is 54.9 Å². The highest BCUT2D eigenvalue weighted by Gasteiger charge is 2.14. The van der Waals surface area contributed by atoms with E-state index in [2.05, 4.69) is 53.6 Å². The van der Waals surface area contributed by atoms with Crippen LogP contribution in [0.2, 0.25) is 0 Å². The second-order valence-electron chi connectivity index (χ2n) is 6.31. The van der Waals surface area contributed by atoms with Crippen LogP contribution in [0, 0.1) is 13.8 Å². The molecule has 1 N–H and O–H groups in total. The van der Waals surface area contributed by atoms with E-state index >= 15 is 0 Å². The fraction of sp³-hybridized carbons (Fsp3) is 0.316. The summed E-state index contributed by atoms with van der Waals surface area (Å²) in [4.78, 5) is 14.6. The lowest BCUT2D eigenvalue weighted by atomic mass is 10.0. The lowest BCUT2D eigenvalue weighted by molar-refractivity contribution is 0.102. The molecule has 3 rings (SSSR count). The van der Waals surface area contributed by atoms with Gasteiger partial charge in [0.25, 0.3) is 0 Å². The molecule has 1 aromatic carbocycles. The molecule has 0 spiro atoms. The summed E-state index contributed by atoms with van der Waals surface area (Å²) in [5, 5.41) is 12.3. The van der Waals surface area contributed by atoms with Crippen molar-refractivity contribution in [2.75, 3.05) is 11.1 Å². The van der Waals surface area contributed by atoms with Crippen molar-refractivity contribution in [1.29, 1.82) is 0 Å². The maximum Gasteiger partial charge on any atom is 0.210 e. The van der Waals surface area contributed by atoms with Gasteiger partial charge >= 0.3 is 0 Å². The summed E-state index contributed by atoms with van der Waals surface area (Å²) in [6.45, 7) is 8.37. The second kappa shape index (κ2) is 8.33. The van der Waals surface area contributed by atoms with Gasteiger partial charge in [0.15, 0.2) is 10.1 Å². The van der Waals surface area contributed by atoms with E-state index in [0.29, 0.717) is 11.7 Å². The zero-order valence-electron chi connectivity index (χ0n) is 15.2. The molecular formula is C19H21N3OS3. The van der Waals surface area contributed by atoms with Gasteiger partial charge in [0.2, 0.25) is 5.13 Å². The van der Waals surface area contributed by atoms with Gasteiger partial charge in [-0.1, -0.05) is 49.1 Å². The number of rotatable bonds is 7. The van der Waals surface area contributed by atoms with Crippen LogP contribution < -0.4 is 5.32 Å². The van der Waals surface area contributed by atoms with E-state index in [-0.39, 0.29) is 5.78 Å². The Bertz CT molecular complexity index is 897. The largest absolute Gasteiger partial charge is 0.330 e. The van der Waals surface area contributed by atoms with Crippen LogP contribution in [0.3, 0.4) is 0 Å². The lowest BCUT2D eigenvalue weighted by Gasteiger charge is -2.06. The van der Waals surface area contributed by atoms with E-state index in [1.165, 1.54) is 33.5 Å². The Morgan fingerprint density at radius 2 is 1.88 bits per heavy atom. The Morgan fingerprint density at radius 3 is 2.50 bits per heavy atom. The molecule has 0 aliphatic rings. The van der Waals surface area contributed by atoms with Crippen molar-refractivity contribution in [3.8, 4) is 0 Å². The number of hydrogen-bond donors (Lipinski definition) is 1. The molecule has 3 aromatic rings. The van der Waals surface area contributed by atoms with Crippen LogP contribution in [0.25, 0.3) is 0 Å². The van der Waals surface area contributed by atoms with E-state index in [1.54, 1.807) is 11.3 Å². The Hall–Kier alpha value is -1.70. The smallest absolute Gasteiger partial charge is 0.210 e. The number of aryl methyl sites for hydroxylation is 2. The number of aromatic nitrogens is 2. The molecule has 0 bridgehead atoms. The Morgan fingerprint density at radius 1 is 1.15 bits per heavy atom. The molecule has 0 aliphatic carbocycles. The zero-order chi connectivity index (χ0) is 18.7. The van der Waals surface area contributed by atoms with E-state index in [4.69, 9.17) is 0 Å². The number of Topliss-reactive ketones (excluding diaryl/α,β-unsaturated/α-hetero) is 1. The summed E-state index contributed by atoms with van der Waals surface area (Å²) < 4.78 is 0.796. The molecule has 0 amide bonds. The van der Waals surface area contributed by atoms with Crippen LogP contribution in [-0.2, 0) is 0 Å². The summed E-state index contributed by atoms with van der Waals surface area (Å²) in [6, 6.07) is 10.3. The predicted octanol–water partition coefficient (Wildman–Crippen LogP) is 6.06. The summed E-state index contributed by atoms with van der Waals surface area (Å²) in [6.07, 6.45) is 0. The number of nitrogens with one attached hydrogen (secondary N) is 1. The van der Waals surface area contributed by atoms with Crippen LogP contribution in [0.4, 0.5) is 10.8 Å². The molecule has 0 fully saturated rings. The third-order valence-electron chi connectivity index (χ3n) is 3.90. The monoisotopic (exact) mass is 403 g/mol. The van der Waals surface area contributed by atoms with Crippen molar-refractivity contribution in [3.63, 3.8) is 0 Å². The molecule has 26 heavy (non-hydrogen) atoms. The van der Waals surface area contributed by atoms with Crippen molar-refractivity contribution in [3.05, 3.63) is 51.2 Å². The van der Waals surface area contributed by atoms with Crippen molar-refractivity contribution < 1.29 is 4.79 Å². The fourth-order valence-electron chi connectivity index (χ4n) is 2.51. The molecule has 0 atom stereocenters. The second-order valence-corrected chi connectivity index (χ2v) is 9.97. The maximum atomic E-state index is 12.4. The first-order valence-corrected chi connectivity index (χ1v) is 11.0. The summed E-state index contributed by atoms with van der Waals surface area (Å²) in [5.41, 5.74) is 3.12. The molecule has 2 heterocycles. The van der Waals surface area contributed by atoms with Crippen LogP contribution >= 0.6 is 34.4 Å². The molecule has 0 saturated carbocycles. The van der Waals surface area contributed by atoms with Crippen LogP contribution in [0.15, 0.2) is 34.7 Å². The number of thiophene rings is 1. The Balaban J connectivity index is 1.57. The minimum absolute atomic E-state index is 0.144. The van der Waals surface area contributed by atoms with Gasteiger partial charge in [0.1, 0.15) is 0 Å². The number of ketones is 1. The van der Waals surface area contributed by atoms with Crippen molar-refractivity contribution in [2.45, 2.75) is 38.0 Å². The van der Waals surface area contributed by atoms with Gasteiger partial charge in [-0.25, -0.2) is 0 Å². The highest BCUT2D eigenvalue weighted by Crippen LogP contribution is 2.29. The van der Waals surface area contributed by atoms with Crippen molar-refractivity contribution in [1.82, 2.24) is 10.2 Å². The predicted molar refractivity (Wildman–Crippen MR) is 113 cm³/mol. The number of thioether (sulfide) groups is 1. The van der Waals surface area contributed by atoms with E-state index < -0.39 is 0 Å². The molecule has 136 valence electrons. The standard InChI is InChI=1S/C19H21N3OS3/c1-11(2)14-5-7-15(8-6-14)20-18-21-22-19(26-18)24-10-17(23)16-9-12(3)25-13(16)4/h5-9,11H,10H2,1-4H3,(H,20,21). The molecule has 0 radical (unpaired) electrons. The normalized spacial score (nSPS) is 11.1. The molecule has 7 heteroatoms. The summed E-state index contributed by atoms with van der Waals surface area (Å²) in [5.74, 6) is 1.04.